The Balaban J connectivity index is 1.53. The molecule has 0 fully saturated rings. The number of aromatic nitrogens is 1. The zero-order valence-electron chi connectivity index (χ0n) is 15.0. The zero-order valence-corrected chi connectivity index (χ0v) is 16.6. The number of carbonyl (C=O) groups is 2. The summed E-state index contributed by atoms with van der Waals surface area (Å²) in [6, 6.07) is 17.0. The van der Waals surface area contributed by atoms with E-state index in [4.69, 9.17) is 0 Å². The molecule has 4 nitrogen and oxygen atoms in total. The minimum Gasteiger partial charge on any atom is -0.325 e. The van der Waals surface area contributed by atoms with Crippen LogP contribution in [0.3, 0.4) is 0 Å². The highest BCUT2D eigenvalue weighted by Crippen LogP contribution is 2.24. The average Bonchev–Trinajstić information content (AvgIpc) is 3.14. The van der Waals surface area contributed by atoms with Crippen molar-refractivity contribution in [1.29, 1.82) is 0 Å². The monoisotopic (exact) mass is 396 g/mol. The summed E-state index contributed by atoms with van der Waals surface area (Å²) in [6.07, 6.45) is 1.09. The molecule has 0 spiro atoms. The first-order valence-corrected chi connectivity index (χ1v) is 10.6. The number of nitrogens with zero attached hydrogens (tertiary/aromatic N) is 1. The van der Waals surface area contributed by atoms with Crippen LogP contribution in [0.15, 0.2) is 64.3 Å². The van der Waals surface area contributed by atoms with Crippen molar-refractivity contribution in [3.63, 3.8) is 0 Å². The molecule has 2 aromatic carbocycles. The van der Waals surface area contributed by atoms with Gasteiger partial charge in [0.15, 0.2) is 10.1 Å². The van der Waals surface area contributed by atoms with E-state index in [0.29, 0.717) is 11.3 Å². The molecule has 1 amide bonds. The van der Waals surface area contributed by atoms with Crippen molar-refractivity contribution in [2.75, 3.05) is 11.1 Å². The molecule has 0 aliphatic rings. The number of ketones is 1. The largest absolute Gasteiger partial charge is 0.325 e. The van der Waals surface area contributed by atoms with Gasteiger partial charge in [0.2, 0.25) is 5.91 Å². The van der Waals surface area contributed by atoms with Gasteiger partial charge in [-0.15, -0.1) is 11.3 Å². The van der Waals surface area contributed by atoms with Crippen LogP contribution in [0.4, 0.5) is 5.69 Å². The Morgan fingerprint density at radius 1 is 1.07 bits per heavy atom. The molecular formula is C21H20N2O2S2. The molecule has 3 aromatic rings. The molecule has 1 aromatic heterocycles. The maximum absolute atomic E-state index is 12.3. The number of Topliss-reactive ketones (excluding diaryl/α,β-unsaturated/α-hetero) is 1. The number of nitrogens with one attached hydrogen (secondary N) is 1. The first-order valence-electron chi connectivity index (χ1n) is 8.69. The lowest BCUT2D eigenvalue weighted by molar-refractivity contribution is -0.115. The summed E-state index contributed by atoms with van der Waals surface area (Å²) in [6.45, 7) is 2.06. The van der Waals surface area contributed by atoms with Crippen LogP contribution in [0.1, 0.15) is 28.5 Å². The van der Waals surface area contributed by atoms with Gasteiger partial charge in [0.1, 0.15) is 0 Å². The molecule has 0 saturated carbocycles. The Morgan fingerprint density at radius 2 is 1.81 bits per heavy atom. The van der Waals surface area contributed by atoms with E-state index in [0.717, 1.165) is 27.7 Å². The van der Waals surface area contributed by atoms with Crippen molar-refractivity contribution in [1.82, 2.24) is 4.98 Å². The number of amides is 1. The molecule has 138 valence electrons. The number of hydrogen-bond acceptors (Lipinski definition) is 5. The molecule has 0 aliphatic heterocycles. The van der Waals surface area contributed by atoms with Crippen LogP contribution in [-0.4, -0.2) is 22.4 Å². The molecule has 1 heterocycles. The minimum atomic E-state index is -0.0851. The summed E-state index contributed by atoms with van der Waals surface area (Å²) >= 11 is 2.87. The highest BCUT2D eigenvalue weighted by atomic mass is 32.2. The second kappa shape index (κ2) is 9.48. The van der Waals surface area contributed by atoms with E-state index in [2.05, 4.69) is 17.2 Å². The van der Waals surface area contributed by atoms with Crippen LogP contribution in [0.2, 0.25) is 0 Å². The van der Waals surface area contributed by atoms with Crippen molar-refractivity contribution < 1.29 is 9.59 Å². The third-order valence-corrected chi connectivity index (χ3v) is 6.04. The van der Waals surface area contributed by atoms with Crippen LogP contribution in [0.25, 0.3) is 0 Å². The van der Waals surface area contributed by atoms with Crippen LogP contribution in [0.5, 0.6) is 0 Å². The fourth-order valence-corrected chi connectivity index (χ4v) is 4.32. The molecular weight excluding hydrogens is 376 g/mol. The summed E-state index contributed by atoms with van der Waals surface area (Å²) in [5.41, 5.74) is 3.39. The van der Waals surface area contributed by atoms with Crippen molar-refractivity contribution in [3.8, 4) is 0 Å². The smallest absolute Gasteiger partial charge is 0.230 e. The number of carbonyl (C=O) groups excluding carboxylic acids is 2. The predicted molar refractivity (Wildman–Crippen MR) is 112 cm³/mol. The van der Waals surface area contributed by atoms with Gasteiger partial charge in [-0.05, 0) is 18.1 Å². The van der Waals surface area contributed by atoms with E-state index in [1.807, 2.05) is 60.0 Å². The van der Waals surface area contributed by atoms with E-state index in [1.165, 1.54) is 23.1 Å². The summed E-state index contributed by atoms with van der Waals surface area (Å²) in [4.78, 5) is 28.9. The summed E-state index contributed by atoms with van der Waals surface area (Å²) in [5, 5.41) is 4.83. The number of para-hydroxylation sites is 1. The molecule has 3 rings (SSSR count). The first-order chi connectivity index (χ1) is 13.2. The van der Waals surface area contributed by atoms with Crippen molar-refractivity contribution in [3.05, 3.63) is 76.8 Å². The van der Waals surface area contributed by atoms with Gasteiger partial charge in [-0.3, -0.25) is 9.59 Å². The standard InChI is InChI=1S/C21H20N2O2S2/c1-2-15-8-6-7-11-18(15)23-20(25)12-17-13-26-21(22-17)27-14-19(24)16-9-4-3-5-10-16/h3-11,13H,2,12,14H2,1H3,(H,23,25). The van der Waals surface area contributed by atoms with Gasteiger partial charge in [-0.25, -0.2) is 4.98 Å². The maximum atomic E-state index is 12.3. The fourth-order valence-electron chi connectivity index (χ4n) is 2.58. The Morgan fingerprint density at radius 3 is 2.59 bits per heavy atom. The number of hydrogen-bond donors (Lipinski definition) is 1. The molecule has 27 heavy (non-hydrogen) atoms. The molecule has 1 N–H and O–H groups in total. The third-order valence-electron chi connectivity index (χ3n) is 3.97. The lowest BCUT2D eigenvalue weighted by atomic mass is 10.1. The predicted octanol–water partition coefficient (Wildman–Crippen LogP) is 4.86. The first kappa shape index (κ1) is 19.3. The van der Waals surface area contributed by atoms with E-state index in [9.17, 15) is 9.59 Å². The molecule has 0 atom stereocenters. The second-order valence-electron chi connectivity index (χ2n) is 5.92. The van der Waals surface area contributed by atoms with E-state index < -0.39 is 0 Å². The molecule has 0 unspecified atom stereocenters. The SMILES string of the molecule is CCc1ccccc1NC(=O)Cc1csc(SCC(=O)c2ccccc2)n1. The second-order valence-corrected chi connectivity index (χ2v) is 8.00. The summed E-state index contributed by atoms with van der Waals surface area (Å²) < 4.78 is 0.802. The van der Waals surface area contributed by atoms with Gasteiger partial charge in [0.05, 0.1) is 17.9 Å². The van der Waals surface area contributed by atoms with Crippen LogP contribution >= 0.6 is 23.1 Å². The molecule has 6 heteroatoms. The number of aryl methyl sites for hydroxylation is 1. The van der Waals surface area contributed by atoms with Crippen molar-refractivity contribution >= 4 is 40.5 Å². The molecule has 0 aliphatic carbocycles. The summed E-state index contributed by atoms with van der Waals surface area (Å²) in [7, 11) is 0. The number of anilines is 1. The van der Waals surface area contributed by atoms with E-state index in [1.54, 1.807) is 0 Å². The fraction of sp³-hybridized carbons (Fsp3) is 0.190. The van der Waals surface area contributed by atoms with Gasteiger partial charge in [-0.1, -0.05) is 67.2 Å². The molecule has 0 bridgehead atoms. The van der Waals surface area contributed by atoms with E-state index in [-0.39, 0.29) is 18.1 Å². The van der Waals surface area contributed by atoms with Crippen LogP contribution in [-0.2, 0) is 17.6 Å². The Hall–Kier alpha value is -2.44. The number of benzene rings is 2. The third kappa shape index (κ3) is 5.52. The van der Waals surface area contributed by atoms with E-state index >= 15 is 0 Å². The number of thioether (sulfide) groups is 1. The Bertz CT molecular complexity index is 923. The van der Waals surface area contributed by atoms with Crippen molar-refractivity contribution in [2.45, 2.75) is 24.1 Å². The minimum absolute atomic E-state index is 0.0752. The lowest BCUT2D eigenvalue weighted by Gasteiger charge is -2.08. The maximum Gasteiger partial charge on any atom is 0.230 e. The Kier molecular flexibility index (Phi) is 6.79. The zero-order chi connectivity index (χ0) is 19.1. The van der Waals surface area contributed by atoms with Crippen LogP contribution in [0, 0.1) is 0 Å². The highest BCUT2D eigenvalue weighted by Gasteiger charge is 2.12. The highest BCUT2D eigenvalue weighted by molar-refractivity contribution is 8.01. The molecule has 0 saturated heterocycles. The van der Waals surface area contributed by atoms with Gasteiger partial charge in [0, 0.05) is 16.6 Å². The summed E-state index contributed by atoms with van der Waals surface area (Å²) in [5.74, 6) is 0.330. The lowest BCUT2D eigenvalue weighted by Crippen LogP contribution is -2.15. The van der Waals surface area contributed by atoms with Crippen LogP contribution < -0.4 is 5.32 Å². The molecule has 0 radical (unpaired) electrons. The average molecular weight is 397 g/mol. The Labute approximate surface area is 167 Å². The van der Waals surface area contributed by atoms with Crippen molar-refractivity contribution in [2.24, 2.45) is 0 Å². The number of rotatable bonds is 8. The quantitative estimate of drug-likeness (QED) is 0.436. The topological polar surface area (TPSA) is 59.1 Å². The normalized spacial score (nSPS) is 10.6. The van der Waals surface area contributed by atoms with Gasteiger partial charge in [0.25, 0.3) is 0 Å². The van der Waals surface area contributed by atoms with Gasteiger partial charge < -0.3 is 5.32 Å². The van der Waals surface area contributed by atoms with Gasteiger partial charge >= 0.3 is 0 Å². The van der Waals surface area contributed by atoms with Gasteiger partial charge in [-0.2, -0.15) is 0 Å². The number of thiazole rings is 1.